The first-order valence-electron chi connectivity index (χ1n) is 10.5. The Labute approximate surface area is 156 Å². The Morgan fingerprint density at radius 1 is 1.15 bits per heavy atom. The number of carboxylic acids is 1. The second-order valence-corrected chi connectivity index (χ2v) is 8.90. The van der Waals surface area contributed by atoms with Crippen molar-refractivity contribution in [2.24, 2.45) is 5.92 Å². The van der Waals surface area contributed by atoms with Gasteiger partial charge in [-0.3, -0.25) is 20.4 Å². The van der Waals surface area contributed by atoms with Crippen molar-refractivity contribution in [3.63, 3.8) is 0 Å². The summed E-state index contributed by atoms with van der Waals surface area (Å²) >= 11 is 0. The molecule has 4 fully saturated rings. The third-order valence-electron chi connectivity index (χ3n) is 6.85. The Bertz CT molecular complexity index is 498. The van der Waals surface area contributed by atoms with E-state index in [1.807, 2.05) is 0 Å². The number of rotatable bonds is 5. The van der Waals surface area contributed by atoms with Crippen molar-refractivity contribution < 1.29 is 9.90 Å². The maximum absolute atomic E-state index is 11.2. The van der Waals surface area contributed by atoms with Gasteiger partial charge in [0, 0.05) is 56.8 Å². The number of nitrogens with one attached hydrogen (secondary N) is 3. The summed E-state index contributed by atoms with van der Waals surface area (Å²) < 4.78 is 0. The summed E-state index contributed by atoms with van der Waals surface area (Å²) in [5, 5.41) is 19.0. The molecule has 7 nitrogen and oxygen atoms in total. The minimum Gasteiger partial charge on any atom is -0.481 e. The molecule has 3 heterocycles. The number of carbonyl (C=O) groups is 1. The van der Waals surface area contributed by atoms with Crippen LogP contribution >= 0.6 is 0 Å². The van der Waals surface area contributed by atoms with Crippen molar-refractivity contribution in [1.29, 1.82) is 0 Å². The van der Waals surface area contributed by atoms with Crippen molar-refractivity contribution in [2.75, 3.05) is 26.7 Å². The van der Waals surface area contributed by atoms with Crippen LogP contribution in [-0.2, 0) is 4.79 Å². The fraction of sp³-hybridized carbons (Fsp3) is 0.947. The quantitative estimate of drug-likeness (QED) is 0.568. The van der Waals surface area contributed by atoms with Crippen LogP contribution in [0.3, 0.4) is 0 Å². The van der Waals surface area contributed by atoms with Crippen LogP contribution in [0.4, 0.5) is 0 Å². The third kappa shape index (κ3) is 4.22. The molecular weight excluding hydrogens is 330 g/mol. The van der Waals surface area contributed by atoms with Crippen LogP contribution in [0.2, 0.25) is 0 Å². The Balaban J connectivity index is 1.43. The Morgan fingerprint density at radius 3 is 2.65 bits per heavy atom. The van der Waals surface area contributed by atoms with Crippen molar-refractivity contribution >= 4 is 5.97 Å². The molecule has 0 radical (unpaired) electrons. The summed E-state index contributed by atoms with van der Waals surface area (Å²) in [6.07, 6.45) is 9.62. The van der Waals surface area contributed by atoms with Crippen molar-refractivity contribution in [2.45, 2.75) is 81.7 Å². The lowest BCUT2D eigenvalue weighted by Crippen LogP contribution is -2.60. The van der Waals surface area contributed by atoms with Gasteiger partial charge in [0.05, 0.1) is 12.6 Å². The smallest absolute Gasteiger partial charge is 0.304 e. The molecule has 0 aromatic rings. The van der Waals surface area contributed by atoms with E-state index in [0.29, 0.717) is 30.2 Å². The highest BCUT2D eigenvalue weighted by molar-refractivity contribution is 5.67. The minimum atomic E-state index is -0.700. The lowest BCUT2D eigenvalue weighted by molar-refractivity contribution is -0.137. The normalized spacial score (nSPS) is 40.0. The molecule has 5 atom stereocenters. The average molecular weight is 366 g/mol. The van der Waals surface area contributed by atoms with Gasteiger partial charge in [0.2, 0.25) is 0 Å². The van der Waals surface area contributed by atoms with Crippen LogP contribution in [-0.4, -0.2) is 78.0 Å². The van der Waals surface area contributed by atoms with E-state index in [4.69, 9.17) is 0 Å². The topological polar surface area (TPSA) is 79.9 Å². The molecule has 0 aromatic carbocycles. The summed E-state index contributed by atoms with van der Waals surface area (Å²) in [7, 11) is 2.12. The molecule has 0 bridgehead atoms. The van der Waals surface area contributed by atoms with Crippen LogP contribution in [0.5, 0.6) is 0 Å². The maximum atomic E-state index is 11.2. The largest absolute Gasteiger partial charge is 0.481 e. The molecular formula is C19H35N5O2. The number of hydrogen-bond acceptors (Lipinski definition) is 6. The number of hydrazine groups is 1. The predicted molar refractivity (Wildman–Crippen MR) is 101 cm³/mol. The van der Waals surface area contributed by atoms with E-state index in [1.165, 1.54) is 44.9 Å². The zero-order valence-corrected chi connectivity index (χ0v) is 16.0. The second kappa shape index (κ2) is 8.10. The molecule has 5 unspecified atom stereocenters. The van der Waals surface area contributed by atoms with Gasteiger partial charge < -0.3 is 10.4 Å². The second-order valence-electron chi connectivity index (χ2n) is 8.90. The van der Waals surface area contributed by atoms with Gasteiger partial charge in [-0.15, -0.1) is 0 Å². The SMILES string of the molecule is CN1CCC(C2CC(NC3CCCCC3)CN3CC(CC(=O)O)NC23)N1. The molecule has 3 aliphatic heterocycles. The molecule has 0 spiro atoms. The predicted octanol–water partition coefficient (Wildman–Crippen LogP) is 0.581. The average Bonchev–Trinajstić information content (AvgIpc) is 3.20. The molecule has 1 aliphatic carbocycles. The molecule has 148 valence electrons. The maximum Gasteiger partial charge on any atom is 0.304 e. The van der Waals surface area contributed by atoms with E-state index in [0.717, 1.165) is 19.6 Å². The summed E-state index contributed by atoms with van der Waals surface area (Å²) in [5.41, 5.74) is 3.64. The zero-order valence-electron chi connectivity index (χ0n) is 16.0. The van der Waals surface area contributed by atoms with E-state index in [1.54, 1.807) is 0 Å². The van der Waals surface area contributed by atoms with Crippen LogP contribution in [0.15, 0.2) is 0 Å². The molecule has 7 heteroatoms. The number of carboxylic acid groups (broad SMARTS) is 1. The van der Waals surface area contributed by atoms with Crippen molar-refractivity contribution in [3.8, 4) is 0 Å². The number of aliphatic carboxylic acids is 1. The highest BCUT2D eigenvalue weighted by atomic mass is 16.4. The molecule has 4 aliphatic rings. The monoisotopic (exact) mass is 365 g/mol. The Hall–Kier alpha value is -0.730. The number of piperidine rings is 1. The zero-order chi connectivity index (χ0) is 18.1. The van der Waals surface area contributed by atoms with Crippen molar-refractivity contribution in [1.82, 2.24) is 26.0 Å². The molecule has 4 N–H and O–H groups in total. The van der Waals surface area contributed by atoms with E-state index >= 15 is 0 Å². The Kier molecular flexibility index (Phi) is 5.81. The lowest BCUT2D eigenvalue weighted by Gasteiger charge is -2.44. The van der Waals surface area contributed by atoms with Gasteiger partial charge in [0.25, 0.3) is 0 Å². The number of fused-ring (bicyclic) bond motifs is 1. The summed E-state index contributed by atoms with van der Waals surface area (Å²) in [6, 6.07) is 1.76. The molecule has 26 heavy (non-hydrogen) atoms. The van der Waals surface area contributed by atoms with E-state index in [2.05, 4.69) is 33.0 Å². The molecule has 3 saturated heterocycles. The van der Waals surface area contributed by atoms with Crippen LogP contribution in [0, 0.1) is 5.92 Å². The summed E-state index contributed by atoms with van der Waals surface area (Å²) in [5.74, 6) is -0.178. The number of nitrogens with zero attached hydrogens (tertiary/aromatic N) is 2. The molecule has 1 saturated carbocycles. The highest BCUT2D eigenvalue weighted by Gasteiger charge is 2.46. The van der Waals surface area contributed by atoms with Gasteiger partial charge in [-0.05, 0) is 25.7 Å². The van der Waals surface area contributed by atoms with Crippen LogP contribution in [0.1, 0.15) is 51.4 Å². The summed E-state index contributed by atoms with van der Waals surface area (Å²) in [4.78, 5) is 13.7. The first-order chi connectivity index (χ1) is 12.6. The lowest BCUT2D eigenvalue weighted by atomic mass is 9.84. The van der Waals surface area contributed by atoms with Gasteiger partial charge in [-0.1, -0.05) is 19.3 Å². The number of hydrogen-bond donors (Lipinski definition) is 4. The van der Waals surface area contributed by atoms with E-state index < -0.39 is 5.97 Å². The fourth-order valence-electron chi connectivity index (χ4n) is 5.69. The minimum absolute atomic E-state index is 0.0764. The molecule has 0 aromatic heterocycles. The molecule has 0 amide bonds. The van der Waals surface area contributed by atoms with E-state index in [-0.39, 0.29) is 12.5 Å². The van der Waals surface area contributed by atoms with Crippen LogP contribution < -0.4 is 16.1 Å². The highest BCUT2D eigenvalue weighted by Crippen LogP contribution is 2.33. The standard InChI is InChI=1S/C19H35N5O2/c1-23-8-7-17(22-23)16-9-14(20-13-5-3-2-4-6-13)11-24-12-15(10-18(25)26)21-19(16)24/h13-17,19-22H,2-12H2,1H3,(H,25,26). The van der Waals surface area contributed by atoms with Gasteiger partial charge in [0.15, 0.2) is 0 Å². The van der Waals surface area contributed by atoms with Gasteiger partial charge in [0.1, 0.15) is 0 Å². The third-order valence-corrected chi connectivity index (χ3v) is 6.85. The van der Waals surface area contributed by atoms with Crippen molar-refractivity contribution in [3.05, 3.63) is 0 Å². The summed E-state index contributed by atoms with van der Waals surface area (Å²) in [6.45, 7) is 3.00. The Morgan fingerprint density at radius 2 is 1.96 bits per heavy atom. The van der Waals surface area contributed by atoms with E-state index in [9.17, 15) is 9.90 Å². The van der Waals surface area contributed by atoms with Gasteiger partial charge in [-0.2, -0.15) is 0 Å². The van der Waals surface area contributed by atoms with Crippen LogP contribution in [0.25, 0.3) is 0 Å². The van der Waals surface area contributed by atoms with Gasteiger partial charge in [-0.25, -0.2) is 5.01 Å². The first-order valence-corrected chi connectivity index (χ1v) is 10.5. The fourth-order valence-corrected chi connectivity index (χ4v) is 5.69. The molecule has 4 rings (SSSR count). The van der Waals surface area contributed by atoms with Gasteiger partial charge >= 0.3 is 5.97 Å². The first kappa shape index (κ1) is 18.6.